The van der Waals surface area contributed by atoms with Gasteiger partial charge in [0.1, 0.15) is 5.75 Å². The molecule has 1 N–H and O–H groups in total. The summed E-state index contributed by atoms with van der Waals surface area (Å²) in [5.74, 6) is 0.358. The number of methoxy groups -OCH3 is 1. The quantitative estimate of drug-likeness (QED) is 0.214. The second-order valence-corrected chi connectivity index (χ2v) is 9.13. The summed E-state index contributed by atoms with van der Waals surface area (Å²) in [4.78, 5) is 12.4. The molecule has 3 rings (SSSR count). The highest BCUT2D eigenvalue weighted by molar-refractivity contribution is 14.1. The van der Waals surface area contributed by atoms with Crippen molar-refractivity contribution in [2.75, 3.05) is 7.11 Å². The molecule has 0 spiro atoms. The third-order valence-corrected chi connectivity index (χ3v) is 6.89. The number of benzene rings is 2. The van der Waals surface area contributed by atoms with Gasteiger partial charge in [0.25, 0.3) is 5.91 Å². The standard InChI is InChI=1S/C21H18Br2IN3O2/c1-12-17(20(23)13(2)27(12)16-7-5-15(22)6-8-16)11-25-26-21(28)14-4-9-18(24)19(10-14)29-3/h4-11H,1-3H3,(H,26,28)/b25-11+. The molecule has 0 fully saturated rings. The lowest BCUT2D eigenvalue weighted by Gasteiger charge is -2.09. The Bertz CT molecular complexity index is 1090. The predicted molar refractivity (Wildman–Crippen MR) is 131 cm³/mol. The first kappa shape index (κ1) is 22.0. The molecule has 0 saturated heterocycles. The monoisotopic (exact) mass is 629 g/mol. The molecule has 0 bridgehead atoms. The molecule has 0 unspecified atom stereocenters. The van der Waals surface area contributed by atoms with Crippen LogP contribution in [0.25, 0.3) is 5.69 Å². The summed E-state index contributed by atoms with van der Waals surface area (Å²) in [5.41, 5.74) is 7.11. The molecule has 0 radical (unpaired) electrons. The molecule has 1 aromatic heterocycles. The van der Waals surface area contributed by atoms with Crippen molar-refractivity contribution >= 4 is 66.6 Å². The first-order chi connectivity index (χ1) is 13.8. The SMILES string of the molecule is COc1cc(C(=O)N/N=C/c2c(Br)c(C)n(-c3ccc(Br)cc3)c2C)ccc1I. The van der Waals surface area contributed by atoms with Crippen LogP contribution in [0.1, 0.15) is 27.3 Å². The normalized spacial score (nSPS) is 11.1. The lowest BCUT2D eigenvalue weighted by atomic mass is 10.2. The van der Waals surface area contributed by atoms with E-state index in [0.29, 0.717) is 11.3 Å². The van der Waals surface area contributed by atoms with Crippen molar-refractivity contribution in [1.82, 2.24) is 9.99 Å². The molecule has 2 aromatic carbocycles. The molecular formula is C21H18Br2IN3O2. The second kappa shape index (κ2) is 9.44. The Balaban J connectivity index is 1.83. The third-order valence-electron chi connectivity index (χ3n) is 4.47. The molecule has 0 atom stereocenters. The van der Waals surface area contributed by atoms with E-state index in [-0.39, 0.29) is 5.91 Å². The number of carbonyl (C=O) groups is 1. The Morgan fingerprint density at radius 1 is 1.14 bits per heavy atom. The summed E-state index contributed by atoms with van der Waals surface area (Å²) < 4.78 is 10.3. The zero-order valence-electron chi connectivity index (χ0n) is 16.0. The predicted octanol–water partition coefficient (Wildman–Crippen LogP) is 6.00. The van der Waals surface area contributed by atoms with Crippen molar-refractivity contribution in [3.05, 3.63) is 77.5 Å². The van der Waals surface area contributed by atoms with Gasteiger partial charge in [0, 0.05) is 37.1 Å². The first-order valence-corrected chi connectivity index (χ1v) is 11.3. The minimum absolute atomic E-state index is 0.297. The number of nitrogens with zero attached hydrogens (tertiary/aromatic N) is 2. The Labute approximate surface area is 199 Å². The van der Waals surface area contributed by atoms with Crippen LogP contribution in [0.5, 0.6) is 5.75 Å². The van der Waals surface area contributed by atoms with Crippen LogP contribution in [0, 0.1) is 17.4 Å². The van der Waals surface area contributed by atoms with Gasteiger partial charge in [-0.25, -0.2) is 5.43 Å². The average molecular weight is 631 g/mol. The number of hydrogen-bond donors (Lipinski definition) is 1. The molecule has 0 saturated carbocycles. The topological polar surface area (TPSA) is 55.6 Å². The highest BCUT2D eigenvalue weighted by Crippen LogP contribution is 2.30. The number of ether oxygens (including phenoxy) is 1. The number of halogens is 3. The Kier molecular flexibility index (Phi) is 7.18. The van der Waals surface area contributed by atoms with Gasteiger partial charge in [0.15, 0.2) is 0 Å². The summed E-state index contributed by atoms with van der Waals surface area (Å²) in [5, 5.41) is 4.16. The van der Waals surface area contributed by atoms with E-state index in [0.717, 1.165) is 35.2 Å². The number of rotatable bonds is 5. The number of nitrogens with one attached hydrogen (secondary N) is 1. The number of amides is 1. The fourth-order valence-electron chi connectivity index (χ4n) is 2.97. The van der Waals surface area contributed by atoms with Crippen LogP contribution in [-0.4, -0.2) is 23.8 Å². The average Bonchev–Trinajstić information content (AvgIpc) is 2.92. The van der Waals surface area contributed by atoms with Gasteiger partial charge in [-0.1, -0.05) is 15.9 Å². The van der Waals surface area contributed by atoms with E-state index in [9.17, 15) is 4.79 Å². The molecule has 1 amide bonds. The molecule has 8 heteroatoms. The minimum atomic E-state index is -0.297. The van der Waals surface area contributed by atoms with Gasteiger partial charge in [0.2, 0.25) is 0 Å². The summed E-state index contributed by atoms with van der Waals surface area (Å²) in [7, 11) is 1.58. The van der Waals surface area contributed by atoms with Crippen molar-refractivity contribution in [3.63, 3.8) is 0 Å². The third kappa shape index (κ3) is 4.75. The maximum absolute atomic E-state index is 12.4. The number of carbonyl (C=O) groups excluding carboxylic acids is 1. The van der Waals surface area contributed by atoms with Crippen LogP contribution < -0.4 is 10.2 Å². The minimum Gasteiger partial charge on any atom is -0.496 e. The fourth-order valence-corrected chi connectivity index (χ4v) is 4.36. The van der Waals surface area contributed by atoms with Gasteiger partial charge in [-0.3, -0.25) is 4.79 Å². The van der Waals surface area contributed by atoms with Gasteiger partial charge in [0.05, 0.1) is 16.9 Å². The number of aromatic nitrogens is 1. The number of hydrazone groups is 1. The van der Waals surface area contributed by atoms with E-state index in [1.807, 2.05) is 44.2 Å². The van der Waals surface area contributed by atoms with Crippen LogP contribution >= 0.6 is 54.5 Å². The van der Waals surface area contributed by atoms with Crippen molar-refractivity contribution in [2.24, 2.45) is 5.10 Å². The summed E-state index contributed by atoms with van der Waals surface area (Å²) >= 11 is 9.28. The second-order valence-electron chi connectivity index (χ2n) is 6.26. The molecule has 150 valence electrons. The van der Waals surface area contributed by atoms with Crippen molar-refractivity contribution < 1.29 is 9.53 Å². The Morgan fingerprint density at radius 3 is 2.48 bits per heavy atom. The van der Waals surface area contributed by atoms with Crippen molar-refractivity contribution in [1.29, 1.82) is 0 Å². The van der Waals surface area contributed by atoms with Crippen LogP contribution in [0.3, 0.4) is 0 Å². The molecule has 3 aromatic rings. The Morgan fingerprint density at radius 2 is 1.83 bits per heavy atom. The van der Waals surface area contributed by atoms with E-state index in [1.165, 1.54) is 0 Å². The van der Waals surface area contributed by atoms with Gasteiger partial charge in [-0.15, -0.1) is 0 Å². The molecule has 0 aliphatic heterocycles. The van der Waals surface area contributed by atoms with Gasteiger partial charge in [-0.05, 0) is 94.8 Å². The molecular weight excluding hydrogens is 613 g/mol. The lowest BCUT2D eigenvalue weighted by Crippen LogP contribution is -2.17. The van der Waals surface area contributed by atoms with E-state index < -0.39 is 0 Å². The number of hydrogen-bond acceptors (Lipinski definition) is 3. The van der Waals surface area contributed by atoms with Gasteiger partial charge < -0.3 is 9.30 Å². The van der Waals surface area contributed by atoms with Crippen molar-refractivity contribution in [3.8, 4) is 11.4 Å². The summed E-state index contributed by atoms with van der Waals surface area (Å²) in [6.45, 7) is 4.06. The van der Waals surface area contributed by atoms with E-state index in [2.05, 4.69) is 69.5 Å². The molecule has 1 heterocycles. The summed E-state index contributed by atoms with van der Waals surface area (Å²) in [6.07, 6.45) is 1.66. The van der Waals surface area contributed by atoms with Crippen LogP contribution in [0.15, 0.2) is 56.5 Å². The maximum atomic E-state index is 12.4. The zero-order valence-corrected chi connectivity index (χ0v) is 21.3. The van der Waals surface area contributed by atoms with E-state index in [1.54, 1.807) is 25.5 Å². The first-order valence-electron chi connectivity index (χ1n) is 8.63. The van der Waals surface area contributed by atoms with Gasteiger partial charge in [-0.2, -0.15) is 5.10 Å². The fraction of sp³-hybridized carbons (Fsp3) is 0.143. The molecule has 29 heavy (non-hydrogen) atoms. The molecule has 5 nitrogen and oxygen atoms in total. The zero-order chi connectivity index (χ0) is 21.1. The summed E-state index contributed by atoms with van der Waals surface area (Å²) in [6, 6.07) is 13.4. The smallest absolute Gasteiger partial charge is 0.271 e. The van der Waals surface area contributed by atoms with Crippen LogP contribution in [0.2, 0.25) is 0 Å². The van der Waals surface area contributed by atoms with Crippen LogP contribution in [0.4, 0.5) is 0 Å². The lowest BCUT2D eigenvalue weighted by molar-refractivity contribution is 0.0954. The Hall–Kier alpha value is -1.65. The van der Waals surface area contributed by atoms with Crippen molar-refractivity contribution in [2.45, 2.75) is 13.8 Å². The van der Waals surface area contributed by atoms with Gasteiger partial charge >= 0.3 is 0 Å². The molecule has 0 aliphatic rings. The van der Waals surface area contributed by atoms with E-state index >= 15 is 0 Å². The highest BCUT2D eigenvalue weighted by Gasteiger charge is 2.16. The van der Waals surface area contributed by atoms with Crippen LogP contribution in [-0.2, 0) is 0 Å². The molecule has 0 aliphatic carbocycles. The maximum Gasteiger partial charge on any atom is 0.271 e. The largest absolute Gasteiger partial charge is 0.496 e. The van der Waals surface area contributed by atoms with E-state index in [4.69, 9.17) is 4.74 Å². The highest BCUT2D eigenvalue weighted by atomic mass is 127.